The molecule has 1 unspecified atom stereocenters. The lowest BCUT2D eigenvalue weighted by Gasteiger charge is -2.14. The number of carbonyl (C=O) groups is 1. The van der Waals surface area contributed by atoms with Crippen LogP contribution in [0.25, 0.3) is 0 Å². The first-order valence-electron chi connectivity index (χ1n) is 6.59. The van der Waals surface area contributed by atoms with E-state index in [0.29, 0.717) is 5.75 Å². The molecule has 0 aliphatic carbocycles. The number of ether oxygens (including phenoxy) is 2. The van der Waals surface area contributed by atoms with Gasteiger partial charge in [-0.05, 0) is 11.6 Å². The molecule has 0 saturated carbocycles. The molecule has 0 amide bonds. The molecule has 0 bridgehead atoms. The molecule has 2 aromatic carbocycles. The molecule has 110 valence electrons. The molecule has 2 aromatic rings. The predicted octanol–water partition coefficient (Wildman–Crippen LogP) is 3.83. The maximum absolute atomic E-state index is 14.1. The topological polar surface area (TPSA) is 35.5 Å². The Labute approximate surface area is 123 Å². The van der Waals surface area contributed by atoms with Gasteiger partial charge in [0.1, 0.15) is 5.82 Å². The van der Waals surface area contributed by atoms with Crippen molar-refractivity contribution in [1.82, 2.24) is 0 Å². The Morgan fingerprint density at radius 3 is 2.19 bits per heavy atom. The molecule has 1 atom stereocenters. The molecule has 0 radical (unpaired) electrons. The second kappa shape index (κ2) is 6.39. The van der Waals surface area contributed by atoms with Crippen LogP contribution in [0.3, 0.4) is 0 Å². The van der Waals surface area contributed by atoms with Crippen LogP contribution in [0, 0.1) is 5.82 Å². The Kier molecular flexibility index (Phi) is 4.58. The summed E-state index contributed by atoms with van der Waals surface area (Å²) in [5.41, 5.74) is 0.848. The zero-order valence-electron chi connectivity index (χ0n) is 12.2. The lowest BCUT2D eigenvalue weighted by atomic mass is 9.92. The van der Waals surface area contributed by atoms with Crippen molar-refractivity contribution in [2.75, 3.05) is 14.2 Å². The van der Waals surface area contributed by atoms with Crippen LogP contribution in [0.2, 0.25) is 0 Å². The van der Waals surface area contributed by atoms with Crippen molar-refractivity contribution in [2.45, 2.75) is 12.8 Å². The summed E-state index contributed by atoms with van der Waals surface area (Å²) in [5.74, 6) is -0.736. The summed E-state index contributed by atoms with van der Waals surface area (Å²) in [6.07, 6.45) is 0. The molecular weight excluding hydrogens is 271 g/mol. The molecule has 0 saturated heterocycles. The number of ketones is 1. The first kappa shape index (κ1) is 15.0. The Bertz CT molecular complexity index is 638. The monoisotopic (exact) mass is 288 g/mol. The lowest BCUT2D eigenvalue weighted by molar-refractivity contribution is 0.0961. The maximum atomic E-state index is 14.1. The van der Waals surface area contributed by atoms with Crippen LogP contribution in [0.5, 0.6) is 11.5 Å². The third-order valence-electron chi connectivity index (χ3n) is 3.43. The summed E-state index contributed by atoms with van der Waals surface area (Å²) in [5, 5.41) is 0. The second-order valence-electron chi connectivity index (χ2n) is 4.68. The number of hydrogen-bond acceptors (Lipinski definition) is 3. The van der Waals surface area contributed by atoms with Gasteiger partial charge >= 0.3 is 0 Å². The quantitative estimate of drug-likeness (QED) is 0.784. The zero-order chi connectivity index (χ0) is 15.4. The van der Waals surface area contributed by atoms with Gasteiger partial charge in [0, 0.05) is 12.0 Å². The number of rotatable bonds is 5. The minimum Gasteiger partial charge on any atom is -0.493 e. The van der Waals surface area contributed by atoms with Crippen molar-refractivity contribution in [3.8, 4) is 11.5 Å². The predicted molar refractivity (Wildman–Crippen MR) is 78.7 cm³/mol. The molecule has 0 fully saturated rings. The first-order valence-corrected chi connectivity index (χ1v) is 6.59. The van der Waals surface area contributed by atoms with E-state index in [2.05, 4.69) is 0 Å². The smallest absolute Gasteiger partial charge is 0.173 e. The fourth-order valence-corrected chi connectivity index (χ4v) is 2.17. The van der Waals surface area contributed by atoms with Crippen LogP contribution in [0.15, 0.2) is 42.5 Å². The molecule has 0 spiro atoms. The van der Waals surface area contributed by atoms with E-state index in [-0.39, 0.29) is 17.1 Å². The summed E-state index contributed by atoms with van der Waals surface area (Å²) in [4.78, 5) is 12.5. The minimum atomic E-state index is -0.611. The third kappa shape index (κ3) is 3.05. The van der Waals surface area contributed by atoms with Crippen LogP contribution >= 0.6 is 0 Å². The highest BCUT2D eigenvalue weighted by Gasteiger charge is 2.22. The van der Waals surface area contributed by atoms with Gasteiger partial charge in [0.05, 0.1) is 19.8 Å². The summed E-state index contributed by atoms with van der Waals surface area (Å²) < 4.78 is 24.3. The van der Waals surface area contributed by atoms with Crippen LogP contribution in [0.1, 0.15) is 28.8 Å². The fraction of sp³-hybridized carbons (Fsp3) is 0.235. The number of Topliss-reactive ketones (excluding diaryl/α,β-unsaturated/α-hetero) is 1. The van der Waals surface area contributed by atoms with E-state index in [1.54, 1.807) is 6.92 Å². The van der Waals surface area contributed by atoms with Crippen molar-refractivity contribution in [3.63, 3.8) is 0 Å². The van der Waals surface area contributed by atoms with Gasteiger partial charge in [0.2, 0.25) is 0 Å². The molecule has 21 heavy (non-hydrogen) atoms. The first-order chi connectivity index (χ1) is 10.1. The van der Waals surface area contributed by atoms with Gasteiger partial charge < -0.3 is 9.47 Å². The molecule has 0 heterocycles. The Morgan fingerprint density at radius 1 is 1.05 bits per heavy atom. The highest BCUT2D eigenvalue weighted by Crippen LogP contribution is 2.32. The number of carbonyl (C=O) groups excluding carboxylic acids is 1. The molecule has 0 aliphatic rings. The highest BCUT2D eigenvalue weighted by molar-refractivity contribution is 6.01. The summed E-state index contributed by atoms with van der Waals surface area (Å²) in [6.45, 7) is 1.76. The molecule has 0 N–H and O–H groups in total. The highest BCUT2D eigenvalue weighted by atomic mass is 19.1. The van der Waals surface area contributed by atoms with Gasteiger partial charge in [-0.2, -0.15) is 0 Å². The van der Waals surface area contributed by atoms with Crippen molar-refractivity contribution < 1.29 is 18.7 Å². The van der Waals surface area contributed by atoms with Gasteiger partial charge in [0.15, 0.2) is 17.3 Å². The normalized spacial score (nSPS) is 11.8. The SMILES string of the molecule is COc1cc(F)c(C(=O)C(C)c2ccccc2)cc1OC. The number of methoxy groups -OCH3 is 2. The number of hydrogen-bond donors (Lipinski definition) is 0. The number of benzene rings is 2. The zero-order valence-corrected chi connectivity index (χ0v) is 12.2. The van der Waals surface area contributed by atoms with Crippen LogP contribution < -0.4 is 9.47 Å². The average Bonchev–Trinajstić information content (AvgIpc) is 2.54. The summed E-state index contributed by atoms with van der Waals surface area (Å²) in [6, 6.07) is 11.8. The summed E-state index contributed by atoms with van der Waals surface area (Å²) >= 11 is 0. The largest absolute Gasteiger partial charge is 0.493 e. The minimum absolute atomic E-state index is 0.00371. The molecule has 3 nitrogen and oxygen atoms in total. The molecular formula is C17H17FO3. The van der Waals surface area contributed by atoms with Crippen LogP contribution in [-0.4, -0.2) is 20.0 Å². The van der Waals surface area contributed by atoms with Crippen LogP contribution in [-0.2, 0) is 0 Å². The van der Waals surface area contributed by atoms with Gasteiger partial charge in [-0.3, -0.25) is 4.79 Å². The van der Waals surface area contributed by atoms with Gasteiger partial charge in [-0.15, -0.1) is 0 Å². The Balaban J connectivity index is 2.39. The molecule has 0 aromatic heterocycles. The van der Waals surface area contributed by atoms with E-state index in [9.17, 15) is 9.18 Å². The Hall–Kier alpha value is -2.36. The van der Waals surface area contributed by atoms with E-state index in [4.69, 9.17) is 9.47 Å². The fourth-order valence-electron chi connectivity index (χ4n) is 2.17. The molecule has 0 aliphatic heterocycles. The summed E-state index contributed by atoms with van der Waals surface area (Å²) in [7, 11) is 2.87. The molecule has 2 rings (SSSR count). The van der Waals surface area contributed by atoms with Crippen molar-refractivity contribution in [3.05, 3.63) is 59.4 Å². The van der Waals surface area contributed by atoms with Crippen molar-refractivity contribution in [1.29, 1.82) is 0 Å². The van der Waals surface area contributed by atoms with E-state index in [0.717, 1.165) is 5.56 Å². The molecule has 4 heteroatoms. The number of halogens is 1. The second-order valence-corrected chi connectivity index (χ2v) is 4.68. The van der Waals surface area contributed by atoms with E-state index in [1.807, 2.05) is 30.3 Å². The van der Waals surface area contributed by atoms with Gasteiger partial charge in [0.25, 0.3) is 0 Å². The van der Waals surface area contributed by atoms with Crippen LogP contribution in [0.4, 0.5) is 4.39 Å². The van der Waals surface area contributed by atoms with E-state index in [1.165, 1.54) is 26.4 Å². The van der Waals surface area contributed by atoms with E-state index >= 15 is 0 Å². The Morgan fingerprint density at radius 2 is 1.62 bits per heavy atom. The van der Waals surface area contributed by atoms with Gasteiger partial charge in [-0.1, -0.05) is 37.3 Å². The van der Waals surface area contributed by atoms with E-state index < -0.39 is 11.7 Å². The van der Waals surface area contributed by atoms with Crippen molar-refractivity contribution in [2.24, 2.45) is 0 Å². The lowest BCUT2D eigenvalue weighted by Crippen LogP contribution is -2.12. The average molecular weight is 288 g/mol. The standard InChI is InChI=1S/C17H17FO3/c1-11(12-7-5-4-6-8-12)17(19)13-9-15(20-2)16(21-3)10-14(13)18/h4-11H,1-3H3. The van der Waals surface area contributed by atoms with Crippen molar-refractivity contribution >= 4 is 5.78 Å². The van der Waals surface area contributed by atoms with Gasteiger partial charge in [-0.25, -0.2) is 4.39 Å². The maximum Gasteiger partial charge on any atom is 0.173 e. The third-order valence-corrected chi connectivity index (χ3v) is 3.43.